The highest BCUT2D eigenvalue weighted by molar-refractivity contribution is 6.30. The van der Waals surface area contributed by atoms with Crippen LogP contribution < -0.4 is 10.6 Å². The molecule has 7 heteroatoms. The van der Waals surface area contributed by atoms with Gasteiger partial charge in [-0.2, -0.15) is 13.2 Å². The molecule has 2 rings (SSSR count). The largest absolute Gasteiger partial charge is 0.416 e. The molecule has 3 nitrogen and oxygen atoms in total. The number of halogens is 4. The summed E-state index contributed by atoms with van der Waals surface area (Å²) < 4.78 is 38.7. The van der Waals surface area contributed by atoms with Crippen molar-refractivity contribution in [2.45, 2.75) is 32.5 Å². The van der Waals surface area contributed by atoms with E-state index in [2.05, 4.69) is 10.6 Å². The van der Waals surface area contributed by atoms with Gasteiger partial charge in [0.2, 0.25) is 5.91 Å². The third-order valence-electron chi connectivity index (χ3n) is 3.87. The van der Waals surface area contributed by atoms with Crippen molar-refractivity contribution >= 4 is 23.2 Å². The summed E-state index contributed by atoms with van der Waals surface area (Å²) in [4.78, 5) is 11.0. The van der Waals surface area contributed by atoms with E-state index in [1.54, 1.807) is 18.2 Å². The van der Waals surface area contributed by atoms with E-state index in [-0.39, 0.29) is 16.8 Å². The maximum atomic E-state index is 12.9. The van der Waals surface area contributed by atoms with Crippen LogP contribution in [-0.2, 0) is 17.5 Å². The van der Waals surface area contributed by atoms with Gasteiger partial charge in [0.1, 0.15) is 0 Å². The molecule has 2 N–H and O–H groups in total. The molecule has 0 radical (unpaired) electrons. The number of nitrogens with one attached hydrogen (secondary N) is 2. The highest BCUT2D eigenvalue weighted by Gasteiger charge is 2.31. The summed E-state index contributed by atoms with van der Waals surface area (Å²) in [6.45, 7) is 4.36. The zero-order chi connectivity index (χ0) is 19.3. The molecule has 0 aliphatic heterocycles. The minimum absolute atomic E-state index is 0.0789. The van der Waals surface area contributed by atoms with E-state index in [0.717, 1.165) is 17.7 Å². The van der Waals surface area contributed by atoms with Crippen LogP contribution in [0.2, 0.25) is 5.02 Å². The fraction of sp³-hybridized carbons (Fsp3) is 0.316. The summed E-state index contributed by atoms with van der Waals surface area (Å²) >= 11 is 5.83. The molecule has 2 aromatic carbocycles. The van der Waals surface area contributed by atoms with Gasteiger partial charge in [0, 0.05) is 30.7 Å². The smallest absolute Gasteiger partial charge is 0.326 e. The number of alkyl halides is 3. The van der Waals surface area contributed by atoms with Crippen LogP contribution in [0.5, 0.6) is 0 Å². The van der Waals surface area contributed by atoms with Crippen molar-refractivity contribution in [3.8, 4) is 0 Å². The molecule has 0 saturated heterocycles. The molecule has 2 aromatic rings. The number of hydrogen-bond donors (Lipinski definition) is 2. The van der Waals surface area contributed by atoms with Crippen molar-refractivity contribution in [3.05, 3.63) is 64.2 Å². The second-order valence-corrected chi connectivity index (χ2v) is 6.62. The number of carbonyl (C=O) groups is 1. The average molecular weight is 385 g/mol. The lowest BCUT2D eigenvalue weighted by Gasteiger charge is -2.16. The summed E-state index contributed by atoms with van der Waals surface area (Å²) in [6, 6.07) is 11.0. The third kappa shape index (κ3) is 6.04. The molecule has 0 fully saturated rings. The average Bonchev–Trinajstić information content (AvgIpc) is 2.54. The topological polar surface area (TPSA) is 41.1 Å². The molecule has 0 aromatic heterocycles. The van der Waals surface area contributed by atoms with Gasteiger partial charge in [0.05, 0.1) is 5.56 Å². The Kier molecular flexibility index (Phi) is 6.67. The third-order valence-corrected chi connectivity index (χ3v) is 4.09. The SMILES string of the molecule is CC(=O)Nc1ccc(CNCC(C)c2cc(Cl)cc(C(F)(F)F)c2)cc1. The van der Waals surface area contributed by atoms with Gasteiger partial charge in [0.25, 0.3) is 0 Å². The fourth-order valence-corrected chi connectivity index (χ4v) is 2.76. The second-order valence-electron chi connectivity index (χ2n) is 6.18. The summed E-state index contributed by atoms with van der Waals surface area (Å²) in [5.74, 6) is -0.266. The van der Waals surface area contributed by atoms with E-state index < -0.39 is 11.7 Å². The van der Waals surface area contributed by atoms with Crippen LogP contribution in [0.15, 0.2) is 42.5 Å². The molecular formula is C19H20ClF3N2O. The zero-order valence-corrected chi connectivity index (χ0v) is 15.2. The van der Waals surface area contributed by atoms with Crippen LogP contribution in [0.4, 0.5) is 18.9 Å². The zero-order valence-electron chi connectivity index (χ0n) is 14.5. The van der Waals surface area contributed by atoms with Gasteiger partial charge in [-0.05, 0) is 47.4 Å². The van der Waals surface area contributed by atoms with E-state index in [9.17, 15) is 18.0 Å². The van der Waals surface area contributed by atoms with Crippen LogP contribution in [-0.4, -0.2) is 12.5 Å². The lowest BCUT2D eigenvalue weighted by molar-refractivity contribution is -0.137. The number of benzene rings is 2. The van der Waals surface area contributed by atoms with E-state index in [1.807, 2.05) is 19.1 Å². The lowest BCUT2D eigenvalue weighted by atomic mass is 9.98. The maximum absolute atomic E-state index is 12.9. The minimum atomic E-state index is -4.41. The first kappa shape index (κ1) is 20.3. The summed E-state index contributed by atoms with van der Waals surface area (Å²) in [7, 11) is 0. The standard InChI is InChI=1S/C19H20ClF3N2O/c1-12(15-7-16(19(21,22)23)9-17(20)8-15)10-24-11-14-3-5-18(6-4-14)25-13(2)26/h3-9,12,24H,10-11H2,1-2H3,(H,25,26). The number of rotatable bonds is 6. The first-order valence-electron chi connectivity index (χ1n) is 8.10. The van der Waals surface area contributed by atoms with Gasteiger partial charge in [-0.15, -0.1) is 0 Å². The molecule has 0 spiro atoms. The van der Waals surface area contributed by atoms with Gasteiger partial charge in [0.15, 0.2) is 0 Å². The Hall–Kier alpha value is -2.05. The number of anilines is 1. The molecule has 0 aliphatic rings. The number of hydrogen-bond acceptors (Lipinski definition) is 2. The first-order chi connectivity index (χ1) is 12.1. The van der Waals surface area contributed by atoms with Crippen molar-refractivity contribution in [1.82, 2.24) is 5.32 Å². The summed E-state index contributed by atoms with van der Waals surface area (Å²) in [6.07, 6.45) is -4.41. The van der Waals surface area contributed by atoms with Crippen LogP contribution in [0, 0.1) is 0 Å². The molecular weight excluding hydrogens is 365 g/mol. The van der Waals surface area contributed by atoms with Crippen LogP contribution in [0.3, 0.4) is 0 Å². The maximum Gasteiger partial charge on any atom is 0.416 e. The Bertz CT molecular complexity index is 760. The molecule has 26 heavy (non-hydrogen) atoms. The molecule has 140 valence electrons. The predicted octanol–water partition coefficient (Wildman–Crippen LogP) is 5.21. The summed E-state index contributed by atoms with van der Waals surface area (Å²) in [5, 5.41) is 5.99. The van der Waals surface area contributed by atoms with Gasteiger partial charge in [-0.1, -0.05) is 30.7 Å². The monoisotopic (exact) mass is 384 g/mol. The Morgan fingerprint density at radius 2 is 1.81 bits per heavy atom. The van der Waals surface area contributed by atoms with Crippen molar-refractivity contribution in [3.63, 3.8) is 0 Å². The Morgan fingerprint density at radius 1 is 1.15 bits per heavy atom. The molecule has 0 saturated carbocycles. The van der Waals surface area contributed by atoms with E-state index in [4.69, 9.17) is 11.6 Å². The summed E-state index contributed by atoms with van der Waals surface area (Å²) in [5.41, 5.74) is 1.53. The fourth-order valence-electron chi connectivity index (χ4n) is 2.52. The number of amides is 1. The quantitative estimate of drug-likeness (QED) is 0.717. The van der Waals surface area contributed by atoms with Crippen LogP contribution in [0.25, 0.3) is 0 Å². The molecule has 0 aliphatic carbocycles. The van der Waals surface area contributed by atoms with E-state index >= 15 is 0 Å². The van der Waals surface area contributed by atoms with Gasteiger partial charge >= 0.3 is 6.18 Å². The predicted molar refractivity (Wildman–Crippen MR) is 97.3 cm³/mol. The lowest BCUT2D eigenvalue weighted by Crippen LogP contribution is -2.20. The normalized spacial score (nSPS) is 12.7. The number of carbonyl (C=O) groups excluding carboxylic acids is 1. The second kappa shape index (κ2) is 8.56. The van der Waals surface area contributed by atoms with Gasteiger partial charge in [-0.3, -0.25) is 4.79 Å². The van der Waals surface area contributed by atoms with Crippen LogP contribution in [0.1, 0.15) is 36.5 Å². The highest BCUT2D eigenvalue weighted by Crippen LogP contribution is 2.33. The van der Waals surface area contributed by atoms with Crippen molar-refractivity contribution in [2.24, 2.45) is 0 Å². The molecule has 1 amide bonds. The Balaban J connectivity index is 1.93. The minimum Gasteiger partial charge on any atom is -0.326 e. The molecule has 0 bridgehead atoms. The van der Waals surface area contributed by atoms with E-state index in [1.165, 1.54) is 6.92 Å². The van der Waals surface area contributed by atoms with Crippen LogP contribution >= 0.6 is 11.6 Å². The Labute approximate surface area is 155 Å². The van der Waals surface area contributed by atoms with E-state index in [0.29, 0.717) is 24.3 Å². The molecule has 0 heterocycles. The van der Waals surface area contributed by atoms with Crippen molar-refractivity contribution < 1.29 is 18.0 Å². The molecule has 1 unspecified atom stereocenters. The highest BCUT2D eigenvalue weighted by atomic mass is 35.5. The van der Waals surface area contributed by atoms with Gasteiger partial charge < -0.3 is 10.6 Å². The Morgan fingerprint density at radius 3 is 2.38 bits per heavy atom. The van der Waals surface area contributed by atoms with Crippen molar-refractivity contribution in [1.29, 1.82) is 0 Å². The first-order valence-corrected chi connectivity index (χ1v) is 8.48. The van der Waals surface area contributed by atoms with Crippen molar-refractivity contribution in [2.75, 3.05) is 11.9 Å². The molecule has 1 atom stereocenters. The van der Waals surface area contributed by atoms with Gasteiger partial charge in [-0.25, -0.2) is 0 Å².